The van der Waals surface area contributed by atoms with E-state index in [0.29, 0.717) is 19.4 Å². The summed E-state index contributed by atoms with van der Waals surface area (Å²) in [7, 11) is -2.16. The zero-order valence-electron chi connectivity index (χ0n) is 17.0. The van der Waals surface area contributed by atoms with Crippen molar-refractivity contribution in [1.29, 1.82) is 0 Å². The van der Waals surface area contributed by atoms with Crippen LogP contribution in [0.4, 0.5) is 5.69 Å². The largest absolute Gasteiger partial charge is 0.396 e. The molecule has 0 aliphatic carbocycles. The standard InChI is InChI=1S/C22H27N3O4S/c1-24(10-4-12-26)30(28,29)18-7-8-22(25-11-9-17(27)15-25)19(14-18)21-13-16-5-2-3-6-20(16)23-21/h2-3,5-8,13-14,17,23,26-27H,4,9-12,15H2,1H3/t17-/m0/s1. The molecule has 1 aliphatic heterocycles. The average Bonchev–Trinajstić information content (AvgIpc) is 3.37. The third-order valence-electron chi connectivity index (χ3n) is 5.63. The molecule has 3 N–H and O–H groups in total. The second-order valence-corrected chi connectivity index (χ2v) is 9.79. The molecule has 7 nitrogen and oxygen atoms in total. The zero-order chi connectivity index (χ0) is 21.3. The second kappa shape index (κ2) is 8.39. The summed E-state index contributed by atoms with van der Waals surface area (Å²) in [5, 5.41) is 20.1. The molecular formula is C22H27N3O4S. The number of H-pyrrole nitrogens is 1. The third kappa shape index (κ3) is 3.96. The molecule has 8 heteroatoms. The summed E-state index contributed by atoms with van der Waals surface area (Å²) in [6.07, 6.45) is 0.693. The summed E-state index contributed by atoms with van der Waals surface area (Å²) in [5.74, 6) is 0. The van der Waals surface area contributed by atoms with E-state index < -0.39 is 10.0 Å². The fourth-order valence-electron chi connectivity index (χ4n) is 3.94. The van der Waals surface area contributed by atoms with Crippen LogP contribution in [0.25, 0.3) is 22.2 Å². The maximum Gasteiger partial charge on any atom is 0.242 e. The fraction of sp³-hybridized carbons (Fsp3) is 0.364. The lowest BCUT2D eigenvalue weighted by Crippen LogP contribution is -2.28. The van der Waals surface area contributed by atoms with E-state index in [2.05, 4.69) is 9.88 Å². The van der Waals surface area contributed by atoms with Crippen molar-refractivity contribution < 1.29 is 18.6 Å². The third-order valence-corrected chi connectivity index (χ3v) is 7.48. The van der Waals surface area contributed by atoms with Gasteiger partial charge in [-0.2, -0.15) is 0 Å². The fourth-order valence-corrected chi connectivity index (χ4v) is 5.18. The molecule has 1 fully saturated rings. The number of hydrogen-bond acceptors (Lipinski definition) is 5. The van der Waals surface area contributed by atoms with E-state index in [0.717, 1.165) is 34.4 Å². The number of nitrogens with zero attached hydrogens (tertiary/aromatic N) is 2. The van der Waals surface area contributed by atoms with Gasteiger partial charge in [0.25, 0.3) is 0 Å². The molecule has 2 heterocycles. The van der Waals surface area contributed by atoms with Crippen molar-refractivity contribution in [3.8, 4) is 11.3 Å². The Morgan fingerprint density at radius 2 is 2.00 bits per heavy atom. The Kier molecular flexibility index (Phi) is 5.84. The Labute approximate surface area is 176 Å². The quantitative estimate of drug-likeness (QED) is 0.536. The van der Waals surface area contributed by atoms with Crippen LogP contribution in [0.15, 0.2) is 53.4 Å². The number of rotatable bonds is 7. The van der Waals surface area contributed by atoms with Crippen LogP contribution in [0.2, 0.25) is 0 Å². The Balaban J connectivity index is 1.81. The van der Waals surface area contributed by atoms with Gasteiger partial charge in [0.1, 0.15) is 0 Å². The highest BCUT2D eigenvalue weighted by Gasteiger charge is 2.26. The smallest absolute Gasteiger partial charge is 0.242 e. The summed E-state index contributed by atoms with van der Waals surface area (Å²) >= 11 is 0. The molecule has 0 unspecified atom stereocenters. The summed E-state index contributed by atoms with van der Waals surface area (Å²) < 4.78 is 27.4. The highest BCUT2D eigenvalue weighted by molar-refractivity contribution is 7.89. The van der Waals surface area contributed by atoms with Crippen molar-refractivity contribution in [3.05, 3.63) is 48.5 Å². The predicted molar refractivity (Wildman–Crippen MR) is 118 cm³/mol. The number of sulfonamides is 1. The number of nitrogens with one attached hydrogen (secondary N) is 1. The van der Waals surface area contributed by atoms with Crippen LogP contribution < -0.4 is 4.90 Å². The van der Waals surface area contributed by atoms with Crippen molar-refractivity contribution in [3.63, 3.8) is 0 Å². The molecule has 1 aliphatic rings. The molecule has 1 saturated heterocycles. The summed E-state index contributed by atoms with van der Waals surface area (Å²) in [4.78, 5) is 5.70. The number of benzene rings is 2. The van der Waals surface area contributed by atoms with Crippen molar-refractivity contribution in [2.75, 3.05) is 38.2 Å². The molecule has 0 radical (unpaired) electrons. The second-order valence-electron chi connectivity index (χ2n) is 7.74. The van der Waals surface area contributed by atoms with Crippen LogP contribution in [0.3, 0.4) is 0 Å². The van der Waals surface area contributed by atoms with Crippen molar-refractivity contribution in [2.24, 2.45) is 0 Å². The van der Waals surface area contributed by atoms with E-state index in [9.17, 15) is 13.5 Å². The number of hydrogen-bond donors (Lipinski definition) is 3. The first-order chi connectivity index (χ1) is 14.4. The van der Waals surface area contributed by atoms with E-state index in [-0.39, 0.29) is 24.2 Å². The molecule has 2 aromatic carbocycles. The highest BCUT2D eigenvalue weighted by Crippen LogP contribution is 2.36. The van der Waals surface area contributed by atoms with Crippen LogP contribution in [-0.4, -0.2) is 67.3 Å². The van der Waals surface area contributed by atoms with Gasteiger partial charge in [-0.15, -0.1) is 0 Å². The summed E-state index contributed by atoms with van der Waals surface area (Å²) in [6, 6.07) is 15.1. The normalized spacial score (nSPS) is 17.3. The first kappa shape index (κ1) is 20.9. The Bertz CT molecular complexity index is 1110. The molecular weight excluding hydrogens is 402 g/mol. The lowest BCUT2D eigenvalue weighted by molar-refractivity contribution is 0.198. The SMILES string of the molecule is CN(CCCO)S(=O)(=O)c1ccc(N2CC[C@H](O)C2)c(-c2cc3ccccc3[nH]2)c1. The summed E-state index contributed by atoms with van der Waals surface area (Å²) in [6.45, 7) is 1.43. The molecule has 0 amide bonds. The Hall–Kier alpha value is -2.39. The van der Waals surface area contributed by atoms with Crippen LogP contribution in [-0.2, 0) is 10.0 Å². The van der Waals surface area contributed by atoms with Crippen molar-refractivity contribution in [1.82, 2.24) is 9.29 Å². The lowest BCUT2D eigenvalue weighted by Gasteiger charge is -2.23. The van der Waals surface area contributed by atoms with Gasteiger partial charge in [0.15, 0.2) is 0 Å². The number of para-hydroxylation sites is 1. The number of β-amino-alcohol motifs (C(OH)–C–C–N with tert-alkyl or cyclic N) is 1. The maximum absolute atomic E-state index is 13.1. The minimum atomic E-state index is -3.68. The van der Waals surface area contributed by atoms with Gasteiger partial charge in [-0.25, -0.2) is 12.7 Å². The van der Waals surface area contributed by atoms with Crippen LogP contribution in [0.5, 0.6) is 0 Å². The Morgan fingerprint density at radius 3 is 2.70 bits per heavy atom. The zero-order valence-corrected chi connectivity index (χ0v) is 17.8. The van der Waals surface area contributed by atoms with Gasteiger partial charge in [-0.1, -0.05) is 18.2 Å². The van der Waals surface area contributed by atoms with Gasteiger partial charge in [0.05, 0.1) is 11.0 Å². The minimum absolute atomic E-state index is 0.0591. The topological polar surface area (TPSA) is 96.9 Å². The molecule has 0 spiro atoms. The number of aromatic nitrogens is 1. The number of aliphatic hydroxyl groups excluding tert-OH is 2. The van der Waals surface area contributed by atoms with E-state index in [1.54, 1.807) is 12.1 Å². The lowest BCUT2D eigenvalue weighted by atomic mass is 10.1. The van der Waals surface area contributed by atoms with Gasteiger partial charge < -0.3 is 20.1 Å². The van der Waals surface area contributed by atoms with Gasteiger partial charge in [0.2, 0.25) is 10.0 Å². The maximum atomic E-state index is 13.1. The van der Waals surface area contributed by atoms with Gasteiger partial charge in [-0.3, -0.25) is 0 Å². The van der Waals surface area contributed by atoms with Crippen LogP contribution >= 0.6 is 0 Å². The average molecular weight is 430 g/mol. The molecule has 4 rings (SSSR count). The van der Waals surface area contributed by atoms with E-state index in [4.69, 9.17) is 5.11 Å². The van der Waals surface area contributed by atoms with Gasteiger partial charge >= 0.3 is 0 Å². The van der Waals surface area contributed by atoms with E-state index in [1.165, 1.54) is 11.4 Å². The monoisotopic (exact) mass is 429 g/mol. The molecule has 3 aromatic rings. The number of aromatic amines is 1. The molecule has 1 atom stereocenters. The number of anilines is 1. The van der Waals surface area contributed by atoms with E-state index in [1.807, 2.05) is 36.4 Å². The summed E-state index contributed by atoms with van der Waals surface area (Å²) in [5.41, 5.74) is 3.50. The highest BCUT2D eigenvalue weighted by atomic mass is 32.2. The molecule has 0 saturated carbocycles. The number of fused-ring (bicyclic) bond motifs is 1. The van der Waals surface area contributed by atoms with Crippen molar-refractivity contribution >= 4 is 26.6 Å². The van der Waals surface area contributed by atoms with Crippen molar-refractivity contribution in [2.45, 2.75) is 23.8 Å². The van der Waals surface area contributed by atoms with Gasteiger partial charge in [-0.05, 0) is 43.2 Å². The molecule has 160 valence electrons. The van der Waals surface area contributed by atoms with Crippen LogP contribution in [0, 0.1) is 0 Å². The first-order valence-electron chi connectivity index (χ1n) is 10.1. The van der Waals surface area contributed by atoms with Gasteiger partial charge in [0, 0.05) is 61.1 Å². The Morgan fingerprint density at radius 1 is 1.20 bits per heavy atom. The van der Waals surface area contributed by atoms with Crippen LogP contribution in [0.1, 0.15) is 12.8 Å². The molecule has 30 heavy (non-hydrogen) atoms. The van der Waals surface area contributed by atoms with E-state index >= 15 is 0 Å². The number of aliphatic hydroxyl groups is 2. The first-order valence-corrected chi connectivity index (χ1v) is 11.6. The minimum Gasteiger partial charge on any atom is -0.396 e. The predicted octanol–water partition coefficient (Wildman–Crippen LogP) is 2.41. The molecule has 1 aromatic heterocycles. The molecule has 0 bridgehead atoms.